The third kappa shape index (κ3) is 5.38. The lowest BCUT2D eigenvalue weighted by atomic mass is 10.0. The van der Waals surface area contributed by atoms with Gasteiger partial charge in [-0.15, -0.1) is 0 Å². The van der Waals surface area contributed by atoms with Crippen LogP contribution in [-0.2, 0) is 16.4 Å². The van der Waals surface area contributed by atoms with Gasteiger partial charge in [0.25, 0.3) is 5.91 Å². The molecule has 0 N–H and O–H groups in total. The zero-order chi connectivity index (χ0) is 21.2. The van der Waals surface area contributed by atoms with E-state index in [0.717, 1.165) is 25.9 Å². The molecule has 0 unspecified atom stereocenters. The number of carbonyl (C=O) groups excluding carboxylic acids is 1. The predicted molar refractivity (Wildman–Crippen MR) is 116 cm³/mol. The molecule has 0 aromatic heterocycles. The van der Waals surface area contributed by atoms with Crippen molar-refractivity contribution >= 4 is 27.3 Å². The number of halogens is 1. The van der Waals surface area contributed by atoms with Crippen molar-refractivity contribution in [2.75, 3.05) is 32.4 Å². The minimum absolute atomic E-state index is 0.105. The molecule has 0 atom stereocenters. The van der Waals surface area contributed by atoms with Crippen LogP contribution in [0, 0.1) is 0 Å². The zero-order valence-electron chi connectivity index (χ0n) is 17.1. The molecule has 2 aromatic rings. The molecule has 29 heavy (non-hydrogen) atoms. The highest BCUT2D eigenvalue weighted by Gasteiger charge is 2.24. The van der Waals surface area contributed by atoms with E-state index < -0.39 is 9.84 Å². The maximum Gasteiger partial charge on any atom is 0.255 e. The fourth-order valence-corrected chi connectivity index (χ4v) is 4.29. The fourth-order valence-electron chi connectivity index (χ4n) is 3.44. The Kier molecular flexibility index (Phi) is 6.66. The highest BCUT2D eigenvalue weighted by molar-refractivity contribution is 7.90. The van der Waals surface area contributed by atoms with E-state index >= 15 is 0 Å². The zero-order valence-corrected chi connectivity index (χ0v) is 18.6. The second-order valence-electron chi connectivity index (χ2n) is 7.88. The second kappa shape index (κ2) is 8.86. The summed E-state index contributed by atoms with van der Waals surface area (Å²) in [5.41, 5.74) is 2.84. The van der Waals surface area contributed by atoms with Gasteiger partial charge in [0, 0.05) is 39.0 Å². The Hall–Kier alpha value is -1.89. The Balaban J connectivity index is 1.62. The van der Waals surface area contributed by atoms with Crippen LogP contribution in [0.5, 0.6) is 0 Å². The summed E-state index contributed by atoms with van der Waals surface area (Å²) in [6.07, 6.45) is 1.12. The SMILES string of the molecule is CC(C)c1ccc(CN2CCN(C(=O)c3cc(S(C)(=O)=O)ccc3Cl)CC2)cc1. The maximum absolute atomic E-state index is 12.9. The van der Waals surface area contributed by atoms with Crippen LogP contribution >= 0.6 is 11.6 Å². The molecule has 1 aliphatic heterocycles. The van der Waals surface area contributed by atoms with Crippen LogP contribution in [0.3, 0.4) is 0 Å². The third-order valence-corrected chi connectivity index (χ3v) is 6.75. The number of benzene rings is 2. The molecular weight excluding hydrogens is 408 g/mol. The molecule has 0 saturated carbocycles. The molecule has 5 nitrogen and oxygen atoms in total. The molecule has 0 bridgehead atoms. The highest BCUT2D eigenvalue weighted by atomic mass is 35.5. The topological polar surface area (TPSA) is 57.7 Å². The van der Waals surface area contributed by atoms with Gasteiger partial charge >= 0.3 is 0 Å². The van der Waals surface area contributed by atoms with Gasteiger partial charge in [0.05, 0.1) is 15.5 Å². The number of carbonyl (C=O) groups is 1. The smallest absolute Gasteiger partial charge is 0.255 e. The monoisotopic (exact) mass is 434 g/mol. The Morgan fingerprint density at radius 2 is 1.66 bits per heavy atom. The molecule has 7 heteroatoms. The van der Waals surface area contributed by atoms with Gasteiger partial charge in [0.2, 0.25) is 0 Å². The standard InChI is InChI=1S/C22H27ClN2O3S/c1-16(2)18-6-4-17(5-7-18)15-24-10-12-25(13-11-24)22(26)20-14-19(29(3,27)28)8-9-21(20)23/h4-9,14,16H,10-13,15H2,1-3H3. The molecule has 0 spiro atoms. The average Bonchev–Trinajstić information content (AvgIpc) is 2.68. The number of nitrogens with zero attached hydrogens (tertiary/aromatic N) is 2. The number of hydrogen-bond acceptors (Lipinski definition) is 4. The Morgan fingerprint density at radius 3 is 2.21 bits per heavy atom. The first-order chi connectivity index (χ1) is 13.6. The van der Waals surface area contributed by atoms with E-state index in [9.17, 15) is 13.2 Å². The summed E-state index contributed by atoms with van der Waals surface area (Å²) in [5, 5.41) is 0.273. The van der Waals surface area contributed by atoms with Crippen molar-refractivity contribution in [2.24, 2.45) is 0 Å². The summed E-state index contributed by atoms with van der Waals surface area (Å²) in [5.74, 6) is 0.299. The number of rotatable bonds is 5. The van der Waals surface area contributed by atoms with Crippen LogP contribution in [-0.4, -0.2) is 56.6 Å². The molecule has 156 valence electrons. The normalized spacial score (nSPS) is 15.7. The van der Waals surface area contributed by atoms with Gasteiger partial charge in [-0.3, -0.25) is 9.69 Å². The van der Waals surface area contributed by atoms with Crippen molar-refractivity contribution in [3.63, 3.8) is 0 Å². The van der Waals surface area contributed by atoms with Crippen molar-refractivity contribution in [1.29, 1.82) is 0 Å². The molecule has 1 heterocycles. The van der Waals surface area contributed by atoms with Crippen molar-refractivity contribution in [3.05, 3.63) is 64.2 Å². The number of piperazine rings is 1. The van der Waals surface area contributed by atoms with Crippen LogP contribution in [0.4, 0.5) is 0 Å². The van der Waals surface area contributed by atoms with Gasteiger partial charge < -0.3 is 4.90 Å². The summed E-state index contributed by atoms with van der Waals surface area (Å²) in [6.45, 7) is 7.92. The minimum Gasteiger partial charge on any atom is -0.336 e. The first-order valence-electron chi connectivity index (χ1n) is 9.75. The largest absolute Gasteiger partial charge is 0.336 e. The molecular formula is C22H27ClN2O3S. The van der Waals surface area contributed by atoms with Gasteiger partial charge in [-0.1, -0.05) is 49.7 Å². The number of hydrogen-bond donors (Lipinski definition) is 0. The molecule has 1 amide bonds. The van der Waals surface area contributed by atoms with Crippen LogP contribution < -0.4 is 0 Å². The van der Waals surface area contributed by atoms with Crippen molar-refractivity contribution in [1.82, 2.24) is 9.80 Å². The van der Waals surface area contributed by atoms with E-state index in [1.54, 1.807) is 4.90 Å². The average molecular weight is 435 g/mol. The first kappa shape index (κ1) is 21.8. The number of amides is 1. The lowest BCUT2D eigenvalue weighted by Gasteiger charge is -2.35. The Morgan fingerprint density at radius 1 is 1.03 bits per heavy atom. The van der Waals surface area contributed by atoms with Crippen molar-refractivity contribution < 1.29 is 13.2 Å². The van der Waals surface area contributed by atoms with Crippen LogP contribution in [0.25, 0.3) is 0 Å². The van der Waals surface area contributed by atoms with Gasteiger partial charge in [-0.25, -0.2) is 8.42 Å². The molecule has 0 aliphatic carbocycles. The van der Waals surface area contributed by atoms with E-state index in [0.29, 0.717) is 19.0 Å². The van der Waals surface area contributed by atoms with Crippen LogP contribution in [0.2, 0.25) is 5.02 Å². The number of sulfone groups is 1. The second-order valence-corrected chi connectivity index (χ2v) is 10.3. The van der Waals surface area contributed by atoms with E-state index in [1.165, 1.54) is 29.3 Å². The fraction of sp³-hybridized carbons (Fsp3) is 0.409. The van der Waals surface area contributed by atoms with Gasteiger partial charge in [0.1, 0.15) is 0 Å². The van der Waals surface area contributed by atoms with E-state index in [-0.39, 0.29) is 21.4 Å². The van der Waals surface area contributed by atoms with Crippen molar-refractivity contribution in [2.45, 2.75) is 31.2 Å². The molecule has 2 aromatic carbocycles. The first-order valence-corrected chi connectivity index (χ1v) is 12.0. The van der Waals surface area contributed by atoms with E-state index in [2.05, 4.69) is 43.0 Å². The van der Waals surface area contributed by atoms with E-state index in [1.807, 2.05) is 0 Å². The van der Waals surface area contributed by atoms with Gasteiger partial charge in [-0.05, 0) is 35.2 Å². The van der Waals surface area contributed by atoms with Gasteiger partial charge in [-0.2, -0.15) is 0 Å². The molecule has 1 fully saturated rings. The molecule has 1 saturated heterocycles. The predicted octanol–water partition coefficient (Wildman–Crippen LogP) is 3.82. The quantitative estimate of drug-likeness (QED) is 0.717. The van der Waals surface area contributed by atoms with Crippen molar-refractivity contribution in [3.8, 4) is 0 Å². The van der Waals surface area contributed by atoms with Gasteiger partial charge in [0.15, 0.2) is 9.84 Å². The lowest BCUT2D eigenvalue weighted by molar-refractivity contribution is 0.0628. The van der Waals surface area contributed by atoms with Crippen LogP contribution in [0.15, 0.2) is 47.4 Å². The molecule has 3 rings (SSSR count). The summed E-state index contributed by atoms with van der Waals surface area (Å²) in [4.78, 5) is 17.1. The summed E-state index contributed by atoms with van der Waals surface area (Å²) >= 11 is 6.18. The maximum atomic E-state index is 12.9. The third-order valence-electron chi connectivity index (χ3n) is 5.31. The Bertz CT molecular complexity index is 980. The lowest BCUT2D eigenvalue weighted by Crippen LogP contribution is -2.48. The summed E-state index contributed by atoms with van der Waals surface area (Å²) in [7, 11) is -3.40. The summed E-state index contributed by atoms with van der Waals surface area (Å²) in [6, 6.07) is 13.0. The van der Waals surface area contributed by atoms with E-state index in [4.69, 9.17) is 11.6 Å². The Labute approximate surface area is 178 Å². The highest BCUT2D eigenvalue weighted by Crippen LogP contribution is 2.23. The minimum atomic E-state index is -3.40. The van der Waals surface area contributed by atoms with Crippen LogP contribution in [0.1, 0.15) is 41.3 Å². The summed E-state index contributed by atoms with van der Waals surface area (Å²) < 4.78 is 23.6. The molecule has 0 radical (unpaired) electrons. The molecule has 1 aliphatic rings.